The summed E-state index contributed by atoms with van der Waals surface area (Å²) in [6.07, 6.45) is 2.30. The standard InChI is InChI=1S/C19H20N2OS2/c22-19(21-11-13-3-6-20-7-4-13)18-10-15-2-1-14(9-17(15)24-18)16-5-8-23-12-16/h1-2,5,8-10,12-13,20H,3-4,6-7,11H2,(H,21,22). The van der Waals surface area contributed by atoms with Crippen LogP contribution >= 0.6 is 22.7 Å². The molecule has 1 aliphatic rings. The third-order valence-electron chi connectivity index (χ3n) is 4.61. The van der Waals surface area contributed by atoms with Crippen LogP contribution in [-0.2, 0) is 0 Å². The first kappa shape index (κ1) is 15.8. The molecule has 24 heavy (non-hydrogen) atoms. The van der Waals surface area contributed by atoms with E-state index in [1.807, 2.05) is 6.07 Å². The average Bonchev–Trinajstić information content (AvgIpc) is 3.29. The Kier molecular flexibility index (Phi) is 4.65. The summed E-state index contributed by atoms with van der Waals surface area (Å²) in [5.41, 5.74) is 2.46. The lowest BCUT2D eigenvalue weighted by molar-refractivity contribution is 0.0948. The molecule has 1 aromatic carbocycles. The molecule has 0 saturated carbocycles. The lowest BCUT2D eigenvalue weighted by Gasteiger charge is -2.22. The van der Waals surface area contributed by atoms with Crippen LogP contribution in [0.5, 0.6) is 0 Å². The first-order valence-corrected chi connectivity index (χ1v) is 10.1. The van der Waals surface area contributed by atoms with Gasteiger partial charge in [0.05, 0.1) is 4.88 Å². The summed E-state index contributed by atoms with van der Waals surface area (Å²) in [5, 5.41) is 11.9. The van der Waals surface area contributed by atoms with Crippen molar-refractivity contribution in [2.24, 2.45) is 5.92 Å². The molecular weight excluding hydrogens is 336 g/mol. The highest BCUT2D eigenvalue weighted by atomic mass is 32.1. The molecule has 0 bridgehead atoms. The maximum Gasteiger partial charge on any atom is 0.261 e. The van der Waals surface area contributed by atoms with Crippen molar-refractivity contribution < 1.29 is 4.79 Å². The molecule has 1 amide bonds. The molecule has 0 aliphatic carbocycles. The molecule has 0 unspecified atom stereocenters. The molecule has 3 nitrogen and oxygen atoms in total. The Morgan fingerprint density at radius 2 is 2.04 bits per heavy atom. The third kappa shape index (κ3) is 3.38. The molecule has 1 fully saturated rings. The van der Waals surface area contributed by atoms with Gasteiger partial charge in [0.1, 0.15) is 0 Å². The van der Waals surface area contributed by atoms with Crippen molar-refractivity contribution in [3.63, 3.8) is 0 Å². The SMILES string of the molecule is O=C(NCC1CCNCC1)c1cc2ccc(-c3ccsc3)cc2s1. The van der Waals surface area contributed by atoms with E-state index in [-0.39, 0.29) is 5.91 Å². The summed E-state index contributed by atoms with van der Waals surface area (Å²) in [6.45, 7) is 2.92. The van der Waals surface area contributed by atoms with Crippen LogP contribution in [-0.4, -0.2) is 25.5 Å². The van der Waals surface area contributed by atoms with Crippen molar-refractivity contribution in [3.05, 3.63) is 46.0 Å². The topological polar surface area (TPSA) is 41.1 Å². The van der Waals surface area contributed by atoms with Crippen molar-refractivity contribution in [2.75, 3.05) is 19.6 Å². The summed E-state index contributed by atoms with van der Waals surface area (Å²) < 4.78 is 1.17. The van der Waals surface area contributed by atoms with Crippen LogP contribution in [0, 0.1) is 5.92 Å². The van der Waals surface area contributed by atoms with Gasteiger partial charge >= 0.3 is 0 Å². The Bertz CT molecular complexity index is 832. The molecule has 1 aliphatic heterocycles. The van der Waals surface area contributed by atoms with E-state index in [0.717, 1.165) is 42.7 Å². The molecule has 2 N–H and O–H groups in total. The molecule has 0 radical (unpaired) electrons. The number of thiophene rings is 2. The summed E-state index contributed by atoms with van der Waals surface area (Å²) >= 11 is 3.29. The highest BCUT2D eigenvalue weighted by molar-refractivity contribution is 7.20. The zero-order valence-electron chi connectivity index (χ0n) is 13.4. The lowest BCUT2D eigenvalue weighted by Crippen LogP contribution is -2.35. The van der Waals surface area contributed by atoms with Crippen molar-refractivity contribution in [2.45, 2.75) is 12.8 Å². The Morgan fingerprint density at radius 3 is 2.83 bits per heavy atom. The highest BCUT2D eigenvalue weighted by Crippen LogP contribution is 2.31. The van der Waals surface area contributed by atoms with Gasteiger partial charge in [-0.2, -0.15) is 11.3 Å². The summed E-state index contributed by atoms with van der Waals surface area (Å²) in [6, 6.07) is 10.6. The van der Waals surface area contributed by atoms with E-state index in [1.54, 1.807) is 22.7 Å². The van der Waals surface area contributed by atoms with Gasteiger partial charge in [-0.3, -0.25) is 4.79 Å². The number of fused-ring (bicyclic) bond motifs is 1. The third-order valence-corrected chi connectivity index (χ3v) is 6.39. The highest BCUT2D eigenvalue weighted by Gasteiger charge is 2.16. The average molecular weight is 357 g/mol. The zero-order valence-corrected chi connectivity index (χ0v) is 15.0. The van der Waals surface area contributed by atoms with Crippen molar-refractivity contribution in [3.8, 4) is 11.1 Å². The van der Waals surface area contributed by atoms with Crippen LogP contribution in [0.1, 0.15) is 22.5 Å². The quantitative estimate of drug-likeness (QED) is 0.729. The molecule has 3 aromatic rings. The van der Waals surface area contributed by atoms with E-state index in [0.29, 0.717) is 5.92 Å². The van der Waals surface area contributed by atoms with Crippen LogP contribution < -0.4 is 10.6 Å². The molecule has 5 heteroatoms. The predicted octanol–water partition coefficient (Wildman–Crippen LogP) is 4.36. The molecule has 3 heterocycles. The summed E-state index contributed by atoms with van der Waals surface area (Å²) in [5.74, 6) is 0.668. The second-order valence-electron chi connectivity index (χ2n) is 6.28. The van der Waals surface area contributed by atoms with E-state index in [1.165, 1.54) is 15.8 Å². The molecule has 2 aromatic heterocycles. The minimum atomic E-state index is 0.0619. The zero-order chi connectivity index (χ0) is 16.4. The smallest absolute Gasteiger partial charge is 0.261 e. The van der Waals surface area contributed by atoms with Gasteiger partial charge in [0, 0.05) is 11.2 Å². The molecule has 0 spiro atoms. The Morgan fingerprint density at radius 1 is 1.17 bits per heavy atom. The summed E-state index contributed by atoms with van der Waals surface area (Å²) in [7, 11) is 0. The van der Waals surface area contributed by atoms with Crippen LogP contribution in [0.15, 0.2) is 41.1 Å². The number of hydrogen-bond acceptors (Lipinski definition) is 4. The van der Waals surface area contributed by atoms with Gasteiger partial charge in [0.25, 0.3) is 5.91 Å². The maximum absolute atomic E-state index is 12.5. The molecule has 0 atom stereocenters. The van der Waals surface area contributed by atoms with Gasteiger partial charge in [-0.1, -0.05) is 12.1 Å². The van der Waals surface area contributed by atoms with Gasteiger partial charge in [-0.05, 0) is 77.3 Å². The number of amides is 1. The Labute approximate surface area is 149 Å². The number of benzene rings is 1. The minimum Gasteiger partial charge on any atom is -0.351 e. The lowest BCUT2D eigenvalue weighted by atomic mass is 9.98. The maximum atomic E-state index is 12.5. The molecular formula is C19H20N2OS2. The first-order valence-electron chi connectivity index (χ1n) is 8.35. The molecule has 1 saturated heterocycles. The second-order valence-corrected chi connectivity index (χ2v) is 8.14. The number of carbonyl (C=O) groups excluding carboxylic acids is 1. The Hall–Kier alpha value is -1.69. The molecule has 4 rings (SSSR count). The fraction of sp³-hybridized carbons (Fsp3) is 0.316. The van der Waals surface area contributed by atoms with Gasteiger partial charge in [-0.25, -0.2) is 0 Å². The van der Waals surface area contributed by atoms with E-state index < -0.39 is 0 Å². The van der Waals surface area contributed by atoms with Crippen LogP contribution in [0.3, 0.4) is 0 Å². The van der Waals surface area contributed by atoms with E-state index in [9.17, 15) is 4.79 Å². The fourth-order valence-electron chi connectivity index (χ4n) is 3.16. The van der Waals surface area contributed by atoms with Gasteiger partial charge in [0.2, 0.25) is 0 Å². The normalized spacial score (nSPS) is 15.7. The van der Waals surface area contributed by atoms with E-state index in [4.69, 9.17) is 0 Å². The van der Waals surface area contributed by atoms with Gasteiger partial charge < -0.3 is 10.6 Å². The van der Waals surface area contributed by atoms with Gasteiger partial charge in [0.15, 0.2) is 0 Å². The second kappa shape index (κ2) is 7.05. The minimum absolute atomic E-state index is 0.0619. The number of nitrogens with one attached hydrogen (secondary N) is 2. The van der Waals surface area contributed by atoms with Crippen LogP contribution in [0.4, 0.5) is 0 Å². The Balaban J connectivity index is 1.48. The largest absolute Gasteiger partial charge is 0.351 e. The first-order chi connectivity index (χ1) is 11.8. The van der Waals surface area contributed by atoms with Crippen molar-refractivity contribution in [1.82, 2.24) is 10.6 Å². The monoisotopic (exact) mass is 356 g/mol. The van der Waals surface area contributed by atoms with Crippen molar-refractivity contribution >= 4 is 38.7 Å². The summed E-state index contributed by atoms with van der Waals surface area (Å²) in [4.78, 5) is 13.3. The van der Waals surface area contributed by atoms with E-state index >= 15 is 0 Å². The fourth-order valence-corrected chi connectivity index (χ4v) is 4.84. The van der Waals surface area contributed by atoms with Gasteiger partial charge in [-0.15, -0.1) is 11.3 Å². The molecule has 124 valence electrons. The predicted molar refractivity (Wildman–Crippen MR) is 103 cm³/mol. The van der Waals surface area contributed by atoms with Crippen LogP contribution in [0.25, 0.3) is 21.2 Å². The number of rotatable bonds is 4. The van der Waals surface area contributed by atoms with Crippen molar-refractivity contribution in [1.29, 1.82) is 0 Å². The van der Waals surface area contributed by atoms with Crippen LogP contribution in [0.2, 0.25) is 0 Å². The number of piperidine rings is 1. The number of hydrogen-bond donors (Lipinski definition) is 2. The number of carbonyl (C=O) groups is 1. The van der Waals surface area contributed by atoms with E-state index in [2.05, 4.69) is 45.7 Å².